The quantitative estimate of drug-likeness (QED) is 0.759. The number of hydrogen-bond donors (Lipinski definition) is 0. The van der Waals surface area contributed by atoms with Gasteiger partial charge in [-0.1, -0.05) is 0 Å². The molecule has 0 spiro atoms. The average molecular weight is 276 g/mol. The number of hydrogen-bond acceptors (Lipinski definition) is 5. The van der Waals surface area contributed by atoms with Gasteiger partial charge in [-0.05, 0) is 24.3 Å². The Hall–Kier alpha value is -2.27. The fourth-order valence-electron chi connectivity index (χ4n) is 1.80. The maximum Gasteiger partial charge on any atom is 0.228 e. The van der Waals surface area contributed by atoms with Crippen molar-refractivity contribution < 1.29 is 23.4 Å². The van der Waals surface area contributed by atoms with E-state index in [-0.39, 0.29) is 11.5 Å². The van der Waals surface area contributed by atoms with Gasteiger partial charge in [-0.2, -0.15) is 0 Å². The largest absolute Gasteiger partial charge is 0.497 e. The summed E-state index contributed by atoms with van der Waals surface area (Å²) in [4.78, 5) is 12.4. The predicted octanol–water partition coefficient (Wildman–Crippen LogP) is 2.67. The highest BCUT2D eigenvalue weighted by atomic mass is 16.5. The lowest BCUT2D eigenvalue weighted by Crippen LogP contribution is -2.01. The normalized spacial score (nSPS) is 10.3. The Bertz CT molecular complexity index is 578. The summed E-state index contributed by atoms with van der Waals surface area (Å²) in [5, 5.41) is 0. The maximum absolute atomic E-state index is 12.4. The SMILES string of the molecule is COCc1ccc(C(=O)c2cc(OC)cc(OC)c2)o1. The minimum absolute atomic E-state index is 0.232. The van der Waals surface area contributed by atoms with Gasteiger partial charge in [0.15, 0.2) is 5.76 Å². The molecule has 0 amide bonds. The number of ketones is 1. The number of ether oxygens (including phenoxy) is 3. The number of carbonyl (C=O) groups is 1. The van der Waals surface area contributed by atoms with Crippen LogP contribution in [0.3, 0.4) is 0 Å². The van der Waals surface area contributed by atoms with Crippen molar-refractivity contribution in [2.45, 2.75) is 6.61 Å². The topological polar surface area (TPSA) is 57.9 Å². The standard InChI is InChI=1S/C15H16O5/c1-17-9-11-4-5-14(20-11)15(16)10-6-12(18-2)8-13(7-10)19-3/h4-8H,9H2,1-3H3. The van der Waals surface area contributed by atoms with E-state index in [9.17, 15) is 4.79 Å². The van der Waals surface area contributed by atoms with Gasteiger partial charge in [-0.15, -0.1) is 0 Å². The zero-order valence-corrected chi connectivity index (χ0v) is 11.6. The minimum Gasteiger partial charge on any atom is -0.497 e. The van der Waals surface area contributed by atoms with Gasteiger partial charge in [0.25, 0.3) is 0 Å². The van der Waals surface area contributed by atoms with Gasteiger partial charge >= 0.3 is 0 Å². The summed E-state index contributed by atoms with van der Waals surface area (Å²) >= 11 is 0. The van der Waals surface area contributed by atoms with E-state index in [1.807, 2.05) is 0 Å². The second-order valence-electron chi connectivity index (χ2n) is 4.13. The van der Waals surface area contributed by atoms with Crippen molar-refractivity contribution in [1.29, 1.82) is 0 Å². The van der Waals surface area contributed by atoms with E-state index in [1.54, 1.807) is 37.4 Å². The summed E-state index contributed by atoms with van der Waals surface area (Å²) in [7, 11) is 4.64. The molecule has 5 nitrogen and oxygen atoms in total. The van der Waals surface area contributed by atoms with Crippen LogP contribution in [0, 0.1) is 0 Å². The average Bonchev–Trinajstić information content (AvgIpc) is 2.94. The summed E-state index contributed by atoms with van der Waals surface area (Å²) < 4.78 is 20.7. The number of benzene rings is 1. The molecule has 1 heterocycles. The maximum atomic E-state index is 12.4. The fraction of sp³-hybridized carbons (Fsp3) is 0.267. The lowest BCUT2D eigenvalue weighted by atomic mass is 10.1. The zero-order chi connectivity index (χ0) is 14.5. The van der Waals surface area contributed by atoms with Crippen LogP contribution in [0.1, 0.15) is 21.9 Å². The van der Waals surface area contributed by atoms with Crippen molar-refractivity contribution in [3.8, 4) is 11.5 Å². The molecule has 0 aliphatic rings. The third-order valence-corrected chi connectivity index (χ3v) is 2.79. The fourth-order valence-corrected chi connectivity index (χ4v) is 1.80. The smallest absolute Gasteiger partial charge is 0.228 e. The molecule has 0 fully saturated rings. The van der Waals surface area contributed by atoms with Crippen LogP contribution in [0.5, 0.6) is 11.5 Å². The van der Waals surface area contributed by atoms with E-state index in [1.165, 1.54) is 14.2 Å². The van der Waals surface area contributed by atoms with Crippen LogP contribution >= 0.6 is 0 Å². The number of furan rings is 1. The Kier molecular flexibility index (Phi) is 4.42. The Morgan fingerprint density at radius 3 is 2.25 bits per heavy atom. The van der Waals surface area contributed by atoms with Gasteiger partial charge < -0.3 is 18.6 Å². The summed E-state index contributed by atoms with van der Waals surface area (Å²) in [6.45, 7) is 0.328. The summed E-state index contributed by atoms with van der Waals surface area (Å²) in [5.41, 5.74) is 0.444. The van der Waals surface area contributed by atoms with Gasteiger partial charge in [0.05, 0.1) is 14.2 Å². The predicted molar refractivity (Wildman–Crippen MR) is 72.4 cm³/mol. The third kappa shape index (κ3) is 3.00. The second kappa shape index (κ2) is 6.25. The minimum atomic E-state index is -0.232. The molecule has 0 N–H and O–H groups in total. The molecule has 2 rings (SSSR count). The second-order valence-corrected chi connectivity index (χ2v) is 4.13. The van der Waals surface area contributed by atoms with Crippen molar-refractivity contribution in [3.05, 3.63) is 47.4 Å². The van der Waals surface area contributed by atoms with Crippen molar-refractivity contribution in [2.24, 2.45) is 0 Å². The van der Waals surface area contributed by atoms with E-state index in [0.29, 0.717) is 29.4 Å². The van der Waals surface area contributed by atoms with Crippen molar-refractivity contribution in [3.63, 3.8) is 0 Å². The molecule has 0 saturated carbocycles. The molecule has 0 aliphatic heterocycles. The number of rotatable bonds is 6. The third-order valence-electron chi connectivity index (χ3n) is 2.79. The Balaban J connectivity index is 2.31. The van der Waals surface area contributed by atoms with Crippen LogP contribution in [0.2, 0.25) is 0 Å². The van der Waals surface area contributed by atoms with Crippen molar-refractivity contribution >= 4 is 5.78 Å². The molecule has 1 aromatic heterocycles. The molecule has 20 heavy (non-hydrogen) atoms. The first-order chi connectivity index (χ1) is 9.67. The lowest BCUT2D eigenvalue weighted by molar-refractivity contribution is 0.0999. The molecule has 0 bridgehead atoms. The Morgan fingerprint density at radius 2 is 1.70 bits per heavy atom. The molecule has 2 aromatic rings. The van der Waals surface area contributed by atoms with Crippen LogP contribution in [0.15, 0.2) is 34.7 Å². The van der Waals surface area contributed by atoms with Gasteiger partial charge in [0.1, 0.15) is 23.9 Å². The molecule has 0 atom stereocenters. The molecular formula is C15H16O5. The first-order valence-corrected chi connectivity index (χ1v) is 6.03. The van der Waals surface area contributed by atoms with Crippen LogP contribution in [0.25, 0.3) is 0 Å². The number of carbonyl (C=O) groups excluding carboxylic acids is 1. The first kappa shape index (κ1) is 14.1. The molecule has 0 radical (unpaired) electrons. The van der Waals surface area contributed by atoms with Gasteiger partial charge in [-0.3, -0.25) is 4.79 Å². The first-order valence-electron chi connectivity index (χ1n) is 6.03. The Morgan fingerprint density at radius 1 is 1.05 bits per heavy atom. The summed E-state index contributed by atoms with van der Waals surface area (Å²) in [5.74, 6) is 1.73. The monoisotopic (exact) mass is 276 g/mol. The van der Waals surface area contributed by atoms with Gasteiger partial charge in [0, 0.05) is 18.7 Å². The van der Waals surface area contributed by atoms with E-state index < -0.39 is 0 Å². The highest BCUT2D eigenvalue weighted by molar-refractivity contribution is 6.07. The molecular weight excluding hydrogens is 260 g/mol. The molecule has 106 valence electrons. The Labute approximate surface area is 117 Å². The molecule has 1 aromatic carbocycles. The van der Waals surface area contributed by atoms with Crippen LogP contribution in [-0.4, -0.2) is 27.1 Å². The lowest BCUT2D eigenvalue weighted by Gasteiger charge is -2.06. The van der Waals surface area contributed by atoms with Crippen molar-refractivity contribution in [1.82, 2.24) is 0 Å². The molecule has 5 heteroatoms. The van der Waals surface area contributed by atoms with E-state index in [4.69, 9.17) is 18.6 Å². The molecule has 0 unspecified atom stereocenters. The zero-order valence-electron chi connectivity index (χ0n) is 11.6. The van der Waals surface area contributed by atoms with Gasteiger partial charge in [-0.25, -0.2) is 0 Å². The molecule has 0 aliphatic carbocycles. The van der Waals surface area contributed by atoms with Crippen molar-refractivity contribution in [2.75, 3.05) is 21.3 Å². The summed E-state index contributed by atoms with van der Waals surface area (Å²) in [6.07, 6.45) is 0. The van der Waals surface area contributed by atoms with E-state index >= 15 is 0 Å². The van der Waals surface area contributed by atoms with Gasteiger partial charge in [0.2, 0.25) is 5.78 Å². The van der Waals surface area contributed by atoms with E-state index in [2.05, 4.69) is 0 Å². The number of methoxy groups -OCH3 is 3. The summed E-state index contributed by atoms with van der Waals surface area (Å²) in [6, 6.07) is 8.33. The van der Waals surface area contributed by atoms with Crippen LogP contribution in [0.4, 0.5) is 0 Å². The van der Waals surface area contributed by atoms with Crippen LogP contribution in [-0.2, 0) is 11.3 Å². The highest BCUT2D eigenvalue weighted by Gasteiger charge is 2.16. The van der Waals surface area contributed by atoms with Crippen LogP contribution < -0.4 is 9.47 Å². The highest BCUT2D eigenvalue weighted by Crippen LogP contribution is 2.24. The molecule has 0 saturated heterocycles. The van der Waals surface area contributed by atoms with E-state index in [0.717, 1.165) is 0 Å².